The van der Waals surface area contributed by atoms with Crippen molar-refractivity contribution in [2.75, 3.05) is 13.1 Å². The number of aromatic nitrogens is 2. The number of benzene rings is 2. The molecule has 156 valence electrons. The Hall–Kier alpha value is -2.84. The van der Waals surface area contributed by atoms with Gasteiger partial charge in [-0.1, -0.05) is 35.9 Å². The molecule has 1 aliphatic heterocycles. The van der Waals surface area contributed by atoms with E-state index in [0.717, 1.165) is 11.1 Å². The quantitative estimate of drug-likeness (QED) is 0.587. The average Bonchev–Trinajstić information content (AvgIpc) is 3.35. The van der Waals surface area contributed by atoms with E-state index in [1.165, 1.54) is 29.0 Å². The summed E-state index contributed by atoms with van der Waals surface area (Å²) in [6.45, 7) is 2.08. The zero-order chi connectivity index (χ0) is 21.5. The minimum absolute atomic E-state index is 0.0493. The van der Waals surface area contributed by atoms with E-state index in [0.29, 0.717) is 5.56 Å². The van der Waals surface area contributed by atoms with Gasteiger partial charge in [-0.3, -0.25) is 4.79 Å². The predicted octanol–water partition coefficient (Wildman–Crippen LogP) is 3.15. The molecule has 0 radical (unpaired) electrons. The third-order valence-corrected chi connectivity index (χ3v) is 7.23. The van der Waals surface area contributed by atoms with Crippen LogP contribution in [0, 0.1) is 18.7 Å². The van der Waals surface area contributed by atoms with Crippen LogP contribution in [0.2, 0.25) is 0 Å². The second-order valence-electron chi connectivity index (χ2n) is 7.70. The standard InChI is InChI=1S/C22H22FN3O3S/c1-15-4-3-5-17(10-15)22(27)20-12-26(30(28,29)21-13-25(2)14-24-21)11-19(20)16-6-8-18(23)9-7-16/h3-10,13-14,19-20H,11-12H2,1-2H3/t19-,20+/m1/s1. The fourth-order valence-electron chi connectivity index (χ4n) is 3.94. The molecule has 2 aromatic carbocycles. The minimum atomic E-state index is -3.85. The molecule has 2 atom stereocenters. The normalized spacial score (nSPS) is 19.8. The van der Waals surface area contributed by atoms with Crippen LogP contribution >= 0.6 is 0 Å². The molecular weight excluding hydrogens is 405 g/mol. The third kappa shape index (κ3) is 3.80. The third-order valence-electron chi connectivity index (χ3n) is 5.51. The summed E-state index contributed by atoms with van der Waals surface area (Å²) in [7, 11) is -2.15. The number of sulfonamides is 1. The lowest BCUT2D eigenvalue weighted by molar-refractivity contribution is 0.0918. The van der Waals surface area contributed by atoms with E-state index in [1.807, 2.05) is 19.1 Å². The van der Waals surface area contributed by atoms with Crippen molar-refractivity contribution < 1.29 is 17.6 Å². The van der Waals surface area contributed by atoms with E-state index in [4.69, 9.17) is 0 Å². The van der Waals surface area contributed by atoms with Crippen LogP contribution in [0.25, 0.3) is 0 Å². The lowest BCUT2D eigenvalue weighted by atomic mass is 9.83. The highest BCUT2D eigenvalue weighted by atomic mass is 32.2. The minimum Gasteiger partial charge on any atom is -0.339 e. The van der Waals surface area contributed by atoms with Crippen molar-refractivity contribution in [2.24, 2.45) is 13.0 Å². The van der Waals surface area contributed by atoms with Crippen molar-refractivity contribution in [3.63, 3.8) is 0 Å². The second-order valence-corrected chi connectivity index (χ2v) is 9.58. The summed E-state index contributed by atoms with van der Waals surface area (Å²) in [5.74, 6) is -1.45. The maximum atomic E-state index is 13.4. The first-order valence-corrected chi connectivity index (χ1v) is 11.0. The molecular formula is C22H22FN3O3S. The number of Topliss-reactive ketones (excluding diaryl/α,β-unsaturated/α-hetero) is 1. The van der Waals surface area contributed by atoms with E-state index < -0.39 is 15.9 Å². The van der Waals surface area contributed by atoms with Gasteiger partial charge in [0.25, 0.3) is 10.0 Å². The molecule has 0 amide bonds. The van der Waals surface area contributed by atoms with Crippen molar-refractivity contribution >= 4 is 15.8 Å². The zero-order valence-corrected chi connectivity index (χ0v) is 17.5. The molecule has 0 N–H and O–H groups in total. The summed E-state index contributed by atoms with van der Waals surface area (Å²) in [6, 6.07) is 13.2. The maximum Gasteiger partial charge on any atom is 0.262 e. The van der Waals surface area contributed by atoms with Crippen LogP contribution in [0.5, 0.6) is 0 Å². The number of halogens is 1. The van der Waals surface area contributed by atoms with E-state index in [9.17, 15) is 17.6 Å². The summed E-state index contributed by atoms with van der Waals surface area (Å²) in [6.07, 6.45) is 2.87. The number of ketones is 1. The molecule has 1 saturated heterocycles. The molecule has 0 spiro atoms. The lowest BCUT2D eigenvalue weighted by Crippen LogP contribution is -2.30. The Bertz CT molecular complexity index is 1190. The Balaban J connectivity index is 1.72. The molecule has 0 unspecified atom stereocenters. The Morgan fingerprint density at radius 2 is 1.87 bits per heavy atom. The zero-order valence-electron chi connectivity index (χ0n) is 16.7. The Morgan fingerprint density at radius 1 is 1.13 bits per heavy atom. The van der Waals surface area contributed by atoms with E-state index in [1.54, 1.807) is 35.9 Å². The number of aryl methyl sites for hydroxylation is 2. The number of carbonyl (C=O) groups excluding carboxylic acids is 1. The van der Waals surface area contributed by atoms with Crippen LogP contribution in [-0.2, 0) is 17.1 Å². The van der Waals surface area contributed by atoms with E-state index in [2.05, 4.69) is 4.98 Å². The molecule has 0 aliphatic carbocycles. The Labute approximate surface area is 175 Å². The van der Waals surface area contributed by atoms with Crippen LogP contribution in [0.1, 0.15) is 27.4 Å². The second kappa shape index (κ2) is 7.77. The number of carbonyl (C=O) groups is 1. The van der Waals surface area contributed by atoms with Crippen molar-refractivity contribution in [1.82, 2.24) is 13.9 Å². The molecule has 2 heterocycles. The molecule has 0 bridgehead atoms. The summed E-state index contributed by atoms with van der Waals surface area (Å²) >= 11 is 0. The first-order valence-electron chi connectivity index (χ1n) is 9.60. The first kappa shape index (κ1) is 20.4. The molecule has 0 saturated carbocycles. The average molecular weight is 428 g/mol. The molecule has 3 aromatic rings. The fourth-order valence-corrected chi connectivity index (χ4v) is 5.40. The summed E-state index contributed by atoms with van der Waals surface area (Å²) < 4.78 is 42.5. The topological polar surface area (TPSA) is 72.3 Å². The Morgan fingerprint density at radius 3 is 2.50 bits per heavy atom. The summed E-state index contributed by atoms with van der Waals surface area (Å²) in [5.41, 5.74) is 2.24. The van der Waals surface area contributed by atoms with Crippen molar-refractivity contribution in [1.29, 1.82) is 0 Å². The number of hydrogen-bond acceptors (Lipinski definition) is 4. The van der Waals surface area contributed by atoms with Gasteiger partial charge in [0.1, 0.15) is 5.82 Å². The highest BCUT2D eigenvalue weighted by Gasteiger charge is 2.44. The number of rotatable bonds is 5. The maximum absolute atomic E-state index is 13.4. The van der Waals surface area contributed by atoms with E-state index in [-0.39, 0.29) is 35.6 Å². The van der Waals surface area contributed by atoms with Crippen LogP contribution in [-0.4, -0.2) is 41.1 Å². The van der Waals surface area contributed by atoms with Crippen LogP contribution in [0.15, 0.2) is 66.1 Å². The van der Waals surface area contributed by atoms with Gasteiger partial charge in [-0.2, -0.15) is 4.31 Å². The lowest BCUT2D eigenvalue weighted by Gasteiger charge is -2.18. The number of hydrogen-bond donors (Lipinski definition) is 0. The molecule has 4 rings (SSSR count). The van der Waals surface area contributed by atoms with Gasteiger partial charge in [0.05, 0.1) is 6.33 Å². The van der Waals surface area contributed by atoms with Gasteiger partial charge in [-0.25, -0.2) is 17.8 Å². The van der Waals surface area contributed by atoms with Crippen molar-refractivity contribution in [3.8, 4) is 0 Å². The molecule has 6 nitrogen and oxygen atoms in total. The summed E-state index contributed by atoms with van der Waals surface area (Å²) in [5, 5.41) is -0.0495. The molecule has 8 heteroatoms. The SMILES string of the molecule is Cc1cccc(C(=O)[C@H]2CN(S(=O)(=O)c3cn(C)cn3)C[C@@H]2c2ccc(F)cc2)c1. The van der Waals surface area contributed by atoms with E-state index >= 15 is 0 Å². The van der Waals surface area contributed by atoms with Gasteiger partial charge in [-0.05, 0) is 30.7 Å². The fraction of sp³-hybridized carbons (Fsp3) is 0.273. The van der Waals surface area contributed by atoms with Gasteiger partial charge < -0.3 is 4.57 Å². The first-order chi connectivity index (χ1) is 14.3. The smallest absolute Gasteiger partial charge is 0.262 e. The molecule has 30 heavy (non-hydrogen) atoms. The van der Waals surface area contributed by atoms with Crippen LogP contribution in [0.4, 0.5) is 4.39 Å². The van der Waals surface area contributed by atoms with Crippen molar-refractivity contribution in [2.45, 2.75) is 17.9 Å². The molecule has 1 aliphatic rings. The monoisotopic (exact) mass is 427 g/mol. The van der Waals surface area contributed by atoms with Gasteiger partial charge in [-0.15, -0.1) is 0 Å². The van der Waals surface area contributed by atoms with Gasteiger partial charge in [0.15, 0.2) is 10.8 Å². The highest BCUT2D eigenvalue weighted by Crippen LogP contribution is 2.37. The summed E-state index contributed by atoms with van der Waals surface area (Å²) in [4.78, 5) is 17.3. The number of imidazole rings is 1. The van der Waals surface area contributed by atoms with Gasteiger partial charge >= 0.3 is 0 Å². The van der Waals surface area contributed by atoms with Crippen LogP contribution < -0.4 is 0 Å². The van der Waals surface area contributed by atoms with Crippen molar-refractivity contribution in [3.05, 3.63) is 83.6 Å². The predicted molar refractivity (Wildman–Crippen MR) is 110 cm³/mol. The van der Waals surface area contributed by atoms with Gasteiger partial charge in [0.2, 0.25) is 0 Å². The Kier molecular flexibility index (Phi) is 5.29. The largest absolute Gasteiger partial charge is 0.339 e. The molecule has 1 aromatic heterocycles. The molecule has 1 fully saturated rings. The number of nitrogens with zero attached hydrogens (tertiary/aromatic N) is 3. The van der Waals surface area contributed by atoms with Gasteiger partial charge in [0, 0.05) is 43.7 Å². The van der Waals surface area contributed by atoms with Crippen LogP contribution in [0.3, 0.4) is 0 Å². The highest BCUT2D eigenvalue weighted by molar-refractivity contribution is 7.89.